The molecule has 3 aromatic rings. The van der Waals surface area contributed by atoms with Crippen molar-refractivity contribution in [3.8, 4) is 16.8 Å². The Morgan fingerprint density at radius 3 is 2.67 bits per heavy atom. The molecule has 2 aromatic heterocycles. The zero-order valence-electron chi connectivity index (χ0n) is 12.2. The average molecular weight is 278 g/mol. The van der Waals surface area contributed by atoms with Gasteiger partial charge in [0, 0.05) is 35.8 Å². The Labute approximate surface area is 124 Å². The first-order chi connectivity index (χ1) is 10.3. The van der Waals surface area contributed by atoms with Gasteiger partial charge in [-0.05, 0) is 25.6 Å². The molecule has 4 nitrogen and oxygen atoms in total. The second kappa shape index (κ2) is 5.89. The average Bonchev–Trinajstić information content (AvgIpc) is 3.00. The summed E-state index contributed by atoms with van der Waals surface area (Å²) in [7, 11) is 1.93. The predicted molar refractivity (Wildman–Crippen MR) is 84.3 cm³/mol. The van der Waals surface area contributed by atoms with E-state index < -0.39 is 0 Å². The van der Waals surface area contributed by atoms with E-state index in [0.29, 0.717) is 0 Å². The van der Waals surface area contributed by atoms with E-state index in [2.05, 4.69) is 39.8 Å². The highest BCUT2D eigenvalue weighted by Crippen LogP contribution is 2.21. The number of hydrogen-bond donors (Lipinski definition) is 1. The predicted octanol–water partition coefficient (Wildman–Crippen LogP) is 2.96. The lowest BCUT2D eigenvalue weighted by Crippen LogP contribution is -2.10. The maximum absolute atomic E-state index is 4.51. The maximum Gasteiger partial charge on any atom is 0.0724 e. The molecule has 106 valence electrons. The summed E-state index contributed by atoms with van der Waals surface area (Å²) in [6.45, 7) is 2.76. The third-order valence-corrected chi connectivity index (χ3v) is 3.40. The third-order valence-electron chi connectivity index (χ3n) is 3.40. The molecule has 0 aliphatic heterocycles. The highest BCUT2D eigenvalue weighted by atomic mass is 15.3. The second-order valence-electron chi connectivity index (χ2n) is 5.02. The van der Waals surface area contributed by atoms with Crippen LogP contribution in [0.1, 0.15) is 11.3 Å². The molecule has 0 aliphatic rings. The van der Waals surface area contributed by atoms with Gasteiger partial charge in [-0.2, -0.15) is 5.10 Å². The van der Waals surface area contributed by atoms with E-state index in [4.69, 9.17) is 0 Å². The van der Waals surface area contributed by atoms with Crippen molar-refractivity contribution in [1.82, 2.24) is 20.1 Å². The molecule has 1 aromatic carbocycles. The number of rotatable bonds is 4. The van der Waals surface area contributed by atoms with Crippen LogP contribution in [0.3, 0.4) is 0 Å². The van der Waals surface area contributed by atoms with Crippen molar-refractivity contribution in [2.24, 2.45) is 0 Å². The Morgan fingerprint density at radius 2 is 1.90 bits per heavy atom. The lowest BCUT2D eigenvalue weighted by molar-refractivity contribution is 0.781. The Bertz CT molecular complexity index is 732. The van der Waals surface area contributed by atoms with Crippen molar-refractivity contribution in [2.45, 2.75) is 13.5 Å². The van der Waals surface area contributed by atoms with Crippen LogP contribution in [0.2, 0.25) is 0 Å². The van der Waals surface area contributed by atoms with Gasteiger partial charge in [0.2, 0.25) is 0 Å². The van der Waals surface area contributed by atoms with Crippen LogP contribution in [0.25, 0.3) is 16.8 Å². The highest BCUT2D eigenvalue weighted by molar-refractivity contribution is 5.62. The molecule has 3 rings (SSSR count). The molecule has 0 radical (unpaired) electrons. The molecule has 0 saturated heterocycles. The molecule has 1 N–H and O–H groups in total. The summed E-state index contributed by atoms with van der Waals surface area (Å²) in [5.74, 6) is 0. The first kappa shape index (κ1) is 13.5. The number of pyridine rings is 1. The normalized spacial score (nSPS) is 10.8. The van der Waals surface area contributed by atoms with E-state index in [9.17, 15) is 0 Å². The van der Waals surface area contributed by atoms with E-state index in [1.807, 2.05) is 49.2 Å². The number of nitrogens with zero attached hydrogens (tertiary/aromatic N) is 3. The molecule has 0 fully saturated rings. The zero-order valence-corrected chi connectivity index (χ0v) is 12.2. The lowest BCUT2D eigenvalue weighted by Gasteiger charge is -2.09. The number of aromatic nitrogens is 3. The summed E-state index contributed by atoms with van der Waals surface area (Å²) in [5.41, 5.74) is 5.47. The zero-order chi connectivity index (χ0) is 14.7. The molecule has 0 saturated carbocycles. The Morgan fingerprint density at radius 1 is 1.10 bits per heavy atom. The van der Waals surface area contributed by atoms with Crippen molar-refractivity contribution in [3.05, 3.63) is 66.2 Å². The minimum Gasteiger partial charge on any atom is -0.316 e. The van der Waals surface area contributed by atoms with E-state index >= 15 is 0 Å². The van der Waals surface area contributed by atoms with Crippen LogP contribution in [0, 0.1) is 6.92 Å². The maximum atomic E-state index is 4.51. The standard InChI is InChI=1S/C17H18N4/c1-13-8-17(15(9-18-2)10-19-13)21-12-16(11-20-21)14-6-4-3-5-7-14/h3-8,10-12,18H,9H2,1-2H3. The van der Waals surface area contributed by atoms with Crippen molar-refractivity contribution < 1.29 is 0 Å². The summed E-state index contributed by atoms with van der Waals surface area (Å²) in [4.78, 5) is 4.37. The van der Waals surface area contributed by atoms with Crippen molar-refractivity contribution in [1.29, 1.82) is 0 Å². The fourth-order valence-electron chi connectivity index (χ4n) is 2.35. The number of hydrogen-bond acceptors (Lipinski definition) is 3. The van der Waals surface area contributed by atoms with Gasteiger partial charge in [0.1, 0.15) is 0 Å². The summed E-state index contributed by atoms with van der Waals surface area (Å²) >= 11 is 0. The van der Waals surface area contributed by atoms with E-state index in [0.717, 1.165) is 29.1 Å². The van der Waals surface area contributed by atoms with Crippen molar-refractivity contribution >= 4 is 0 Å². The fraction of sp³-hybridized carbons (Fsp3) is 0.176. The third kappa shape index (κ3) is 2.85. The molecule has 4 heteroatoms. The minimum atomic E-state index is 0.767. The molecule has 0 amide bonds. The fourth-order valence-corrected chi connectivity index (χ4v) is 2.35. The van der Waals surface area contributed by atoms with Gasteiger partial charge < -0.3 is 5.32 Å². The topological polar surface area (TPSA) is 42.7 Å². The van der Waals surface area contributed by atoms with Gasteiger partial charge in [-0.3, -0.25) is 4.98 Å². The molecule has 2 heterocycles. The minimum absolute atomic E-state index is 0.767. The van der Waals surface area contributed by atoms with E-state index in [-0.39, 0.29) is 0 Å². The van der Waals surface area contributed by atoms with Crippen LogP contribution < -0.4 is 5.32 Å². The van der Waals surface area contributed by atoms with Crippen molar-refractivity contribution in [2.75, 3.05) is 7.05 Å². The Hall–Kier alpha value is -2.46. The van der Waals surface area contributed by atoms with Crippen LogP contribution in [0.5, 0.6) is 0 Å². The molecule has 0 unspecified atom stereocenters. The van der Waals surface area contributed by atoms with E-state index in [1.165, 1.54) is 5.56 Å². The summed E-state index contributed by atoms with van der Waals surface area (Å²) in [6.07, 6.45) is 5.86. The molecule has 0 spiro atoms. The second-order valence-corrected chi connectivity index (χ2v) is 5.02. The van der Waals surface area contributed by atoms with Crippen LogP contribution in [0.4, 0.5) is 0 Å². The SMILES string of the molecule is CNCc1cnc(C)cc1-n1cc(-c2ccccc2)cn1. The molecular formula is C17H18N4. The summed E-state index contributed by atoms with van der Waals surface area (Å²) < 4.78 is 1.92. The van der Waals surface area contributed by atoms with Gasteiger partial charge in [0.15, 0.2) is 0 Å². The monoisotopic (exact) mass is 278 g/mol. The first-order valence-corrected chi connectivity index (χ1v) is 6.98. The van der Waals surface area contributed by atoms with Crippen LogP contribution >= 0.6 is 0 Å². The van der Waals surface area contributed by atoms with Gasteiger partial charge in [0.05, 0.1) is 11.9 Å². The number of benzene rings is 1. The van der Waals surface area contributed by atoms with Crippen LogP contribution in [-0.4, -0.2) is 21.8 Å². The molecule has 0 aliphatic carbocycles. The largest absolute Gasteiger partial charge is 0.316 e. The van der Waals surface area contributed by atoms with Gasteiger partial charge in [0.25, 0.3) is 0 Å². The molecular weight excluding hydrogens is 260 g/mol. The smallest absolute Gasteiger partial charge is 0.0724 e. The van der Waals surface area contributed by atoms with E-state index in [1.54, 1.807) is 0 Å². The quantitative estimate of drug-likeness (QED) is 0.798. The highest BCUT2D eigenvalue weighted by Gasteiger charge is 2.08. The molecule has 0 atom stereocenters. The van der Waals surface area contributed by atoms with Crippen molar-refractivity contribution in [3.63, 3.8) is 0 Å². The van der Waals surface area contributed by atoms with Gasteiger partial charge in [-0.1, -0.05) is 30.3 Å². The lowest BCUT2D eigenvalue weighted by atomic mass is 10.1. The number of nitrogens with one attached hydrogen (secondary N) is 1. The van der Waals surface area contributed by atoms with Gasteiger partial charge in [-0.15, -0.1) is 0 Å². The van der Waals surface area contributed by atoms with Crippen LogP contribution in [0.15, 0.2) is 55.0 Å². The molecule has 0 bridgehead atoms. The molecule has 21 heavy (non-hydrogen) atoms. The summed E-state index contributed by atoms with van der Waals surface area (Å²) in [6, 6.07) is 12.3. The Balaban J connectivity index is 2.02. The number of aryl methyl sites for hydroxylation is 1. The van der Waals surface area contributed by atoms with Gasteiger partial charge in [-0.25, -0.2) is 4.68 Å². The Kier molecular flexibility index (Phi) is 3.79. The first-order valence-electron chi connectivity index (χ1n) is 6.98. The van der Waals surface area contributed by atoms with Gasteiger partial charge >= 0.3 is 0 Å². The summed E-state index contributed by atoms with van der Waals surface area (Å²) in [5, 5.41) is 7.68. The van der Waals surface area contributed by atoms with Crippen LogP contribution in [-0.2, 0) is 6.54 Å².